The van der Waals surface area contributed by atoms with Crippen LogP contribution in [0.4, 0.5) is 0 Å². The number of benzene rings is 4. The number of phenolic OH excluding ortho intramolecular Hbond substituents is 1. The minimum absolute atomic E-state index is 0. The van der Waals surface area contributed by atoms with E-state index < -0.39 is 41.5 Å². The monoisotopic (exact) mass is 878 g/mol. The summed E-state index contributed by atoms with van der Waals surface area (Å²) in [6, 6.07) is 22.6. The van der Waals surface area contributed by atoms with Crippen molar-refractivity contribution in [2.45, 2.75) is 152 Å². The van der Waals surface area contributed by atoms with Crippen molar-refractivity contribution >= 4 is 58.0 Å². The maximum Gasteiger partial charge on any atom is 2.00 e. The average Bonchev–Trinajstić information content (AvgIpc) is 3.18. The molecule has 4 aromatic rings. The summed E-state index contributed by atoms with van der Waals surface area (Å²) in [6.07, 6.45) is 24.8. The molecule has 10 nitrogen and oxygen atoms in total. The summed E-state index contributed by atoms with van der Waals surface area (Å²) in [5.41, 5.74) is 2.24. The number of rotatable bonds is 26. The maximum atomic E-state index is 12.2. The zero-order valence-corrected chi connectivity index (χ0v) is 38.8. The van der Waals surface area contributed by atoms with E-state index in [9.17, 15) is 36.2 Å². The fourth-order valence-corrected chi connectivity index (χ4v) is 7.80. The van der Waals surface area contributed by atoms with Crippen molar-refractivity contribution < 1.29 is 45.6 Å². The molecule has 0 spiro atoms. The predicted molar refractivity (Wildman–Crippen MR) is 232 cm³/mol. The van der Waals surface area contributed by atoms with Crippen molar-refractivity contribution in [2.24, 2.45) is 0 Å². The maximum absolute atomic E-state index is 12.2. The number of aromatic hydroxyl groups is 1. The number of unbranched alkanes of at least 4 members (excludes halogenated alkanes) is 16. The number of aryl methyl sites for hydroxylation is 2. The van der Waals surface area contributed by atoms with E-state index in [1.54, 1.807) is 12.1 Å². The van der Waals surface area contributed by atoms with E-state index in [2.05, 4.69) is 13.8 Å². The summed E-state index contributed by atoms with van der Waals surface area (Å²) >= 11 is 0. The van der Waals surface area contributed by atoms with Gasteiger partial charge in [-0.1, -0.05) is 153 Å². The van der Waals surface area contributed by atoms with E-state index in [1.165, 1.54) is 127 Å². The van der Waals surface area contributed by atoms with Crippen molar-refractivity contribution in [3.8, 4) is 34.5 Å². The third-order valence-electron chi connectivity index (χ3n) is 9.84. The van der Waals surface area contributed by atoms with Gasteiger partial charge in [0.05, 0.1) is 4.90 Å². The average molecular weight is 879 g/mol. The van der Waals surface area contributed by atoms with Gasteiger partial charge in [-0.25, -0.2) is 8.42 Å². The van der Waals surface area contributed by atoms with Crippen molar-refractivity contribution in [3.63, 3.8) is 0 Å². The summed E-state index contributed by atoms with van der Waals surface area (Å²) in [4.78, 5) is -1.36. The van der Waals surface area contributed by atoms with Crippen molar-refractivity contribution in [1.29, 1.82) is 0 Å². The Balaban J connectivity index is 0.000000400. The van der Waals surface area contributed by atoms with E-state index in [4.69, 9.17) is 9.47 Å². The topological polar surface area (TPSA) is 173 Å². The molecule has 0 aliphatic heterocycles. The van der Waals surface area contributed by atoms with Gasteiger partial charge in [0.2, 0.25) is 0 Å². The Bertz CT molecular complexity index is 1870. The number of para-hydroxylation sites is 2. The van der Waals surface area contributed by atoms with E-state index in [1.807, 2.05) is 36.4 Å². The van der Waals surface area contributed by atoms with Gasteiger partial charge in [-0.2, -0.15) is 8.42 Å². The van der Waals surface area contributed by atoms with Crippen LogP contribution < -0.4 is 14.6 Å². The molecule has 0 bridgehead atoms. The molecule has 4 aromatic carbocycles. The van der Waals surface area contributed by atoms with Crippen molar-refractivity contribution in [1.82, 2.24) is 0 Å². The van der Waals surface area contributed by atoms with Crippen LogP contribution in [0.15, 0.2) is 94.7 Å². The van der Waals surface area contributed by atoms with Crippen LogP contribution in [0, 0.1) is 0 Å². The first kappa shape index (κ1) is 52.3. The third kappa shape index (κ3) is 20.5. The van der Waals surface area contributed by atoms with Crippen LogP contribution in [-0.2, 0) is 33.1 Å². The van der Waals surface area contributed by atoms with Crippen LogP contribution in [-0.4, -0.2) is 68.8 Å². The largest absolute Gasteiger partial charge is 2.00 e. The molecule has 0 heterocycles. The molecule has 0 saturated heterocycles. The van der Waals surface area contributed by atoms with Gasteiger partial charge in [-0.3, -0.25) is 4.55 Å². The Morgan fingerprint density at radius 2 is 0.898 bits per heavy atom. The van der Waals surface area contributed by atoms with Crippen LogP contribution in [0.3, 0.4) is 0 Å². The molecule has 2 N–H and O–H groups in total. The van der Waals surface area contributed by atoms with Crippen LogP contribution in [0.25, 0.3) is 0 Å². The summed E-state index contributed by atoms with van der Waals surface area (Å²) in [5.74, 6) is -0.717. The fraction of sp³-hybridized carbons (Fsp3) is 0.478. The van der Waals surface area contributed by atoms with Gasteiger partial charge >= 0.3 is 37.7 Å². The normalized spacial score (nSPS) is 11.3. The molecule has 4 rings (SSSR count). The Morgan fingerprint density at radius 3 is 1.32 bits per heavy atom. The second kappa shape index (κ2) is 28.6. The molecule has 0 fully saturated rings. The third-order valence-corrected chi connectivity index (χ3v) is 11.6. The molecule has 59 heavy (non-hydrogen) atoms. The summed E-state index contributed by atoms with van der Waals surface area (Å²) in [7, 11) is -9.34. The van der Waals surface area contributed by atoms with Gasteiger partial charge in [-0.05, 0) is 91.1 Å². The van der Waals surface area contributed by atoms with Gasteiger partial charge in [0.25, 0.3) is 10.1 Å². The van der Waals surface area contributed by atoms with Gasteiger partial charge in [0.15, 0.2) is 11.5 Å². The fourth-order valence-electron chi connectivity index (χ4n) is 6.63. The van der Waals surface area contributed by atoms with E-state index >= 15 is 0 Å². The van der Waals surface area contributed by atoms with Crippen LogP contribution in [0.2, 0.25) is 0 Å². The molecule has 0 atom stereocenters. The standard InChI is InChI=1S/2C23H32O5S.Ca/c2*1-2-3-4-5-6-7-8-9-10-13-19-14-11-15-20(18-19)28-21-16-12-17-22(23(21)24)29(25,26)27;/h2*11-12,14-18,24H,2-10,13H2,1H3,(H,25,26,27);/q;;+2/p-2. The Kier molecular flexibility index (Phi) is 25.4. The molecule has 0 unspecified atom stereocenters. The number of hydrogen-bond donors (Lipinski definition) is 2. The molecule has 0 aromatic heterocycles. The second-order valence-electron chi connectivity index (χ2n) is 14.8. The molecule has 320 valence electrons. The summed E-state index contributed by atoms with van der Waals surface area (Å²) in [5, 5.41) is 22.2. The molecule has 0 radical (unpaired) electrons. The SMILES string of the molecule is CCCCCCCCCCCc1cccc(Oc2cccc(S(=O)(=O)O)c2O)c1.CCCCCCCCCCCc1cccc(Oc2cccc(S(=O)(=O)[O-])c2[O-])c1.[Ca+2]. The zero-order valence-electron chi connectivity index (χ0n) is 34.9. The minimum atomic E-state index is -4.83. The smallest absolute Gasteiger partial charge is 0.869 e. The van der Waals surface area contributed by atoms with Gasteiger partial charge in [0.1, 0.15) is 32.3 Å². The number of phenols is 1. The molecular weight excluding hydrogens is 817 g/mol. The molecule has 0 saturated carbocycles. The minimum Gasteiger partial charge on any atom is -0.869 e. The molecule has 0 amide bonds. The summed E-state index contributed by atoms with van der Waals surface area (Å²) < 4.78 is 76.5. The zero-order chi connectivity index (χ0) is 42.2. The summed E-state index contributed by atoms with van der Waals surface area (Å²) in [6.45, 7) is 4.47. The van der Waals surface area contributed by atoms with Crippen molar-refractivity contribution in [3.05, 3.63) is 96.1 Å². The Hall–Kier alpha value is -2.84. The van der Waals surface area contributed by atoms with Crippen LogP contribution >= 0.6 is 0 Å². The molecular formula is C46H62CaO10S2. The molecule has 13 heteroatoms. The second-order valence-corrected chi connectivity index (χ2v) is 17.5. The predicted octanol–water partition coefficient (Wildman–Crippen LogP) is 11.7. The quantitative estimate of drug-likeness (QED) is 0.0351. The van der Waals surface area contributed by atoms with Crippen LogP contribution in [0.1, 0.15) is 141 Å². The number of ether oxygens (including phenoxy) is 2. The van der Waals surface area contributed by atoms with Gasteiger partial charge in [0, 0.05) is 0 Å². The first-order valence-electron chi connectivity index (χ1n) is 20.9. The van der Waals surface area contributed by atoms with E-state index in [0.29, 0.717) is 11.5 Å². The first-order chi connectivity index (χ1) is 27.8. The van der Waals surface area contributed by atoms with Gasteiger partial charge in [-0.15, -0.1) is 0 Å². The Labute approximate surface area is 383 Å². The molecule has 0 aliphatic rings. The molecule has 0 aliphatic carbocycles. The van der Waals surface area contributed by atoms with Crippen molar-refractivity contribution in [2.75, 3.05) is 0 Å². The first-order valence-corrected chi connectivity index (χ1v) is 23.8. The van der Waals surface area contributed by atoms with E-state index in [0.717, 1.165) is 48.9 Å². The number of hydrogen-bond acceptors (Lipinski definition) is 9. The van der Waals surface area contributed by atoms with Gasteiger partial charge < -0.3 is 24.2 Å². The van der Waals surface area contributed by atoms with E-state index in [-0.39, 0.29) is 49.2 Å². The van der Waals surface area contributed by atoms with Crippen LogP contribution in [0.5, 0.6) is 34.5 Å². The Morgan fingerprint density at radius 1 is 0.525 bits per heavy atom.